The molecule has 24 heavy (non-hydrogen) atoms. The van der Waals surface area contributed by atoms with Gasteiger partial charge in [0.25, 0.3) is 0 Å². The van der Waals surface area contributed by atoms with Gasteiger partial charge in [-0.1, -0.05) is 25.0 Å². The van der Waals surface area contributed by atoms with Gasteiger partial charge < -0.3 is 15.4 Å². The van der Waals surface area contributed by atoms with Crippen LogP contribution in [0, 0.1) is 12.8 Å². The zero-order chi connectivity index (χ0) is 17.5. The highest BCUT2D eigenvalue weighted by molar-refractivity contribution is 5.81. The van der Waals surface area contributed by atoms with Crippen molar-refractivity contribution in [2.75, 3.05) is 7.11 Å². The molecule has 2 amide bonds. The number of amides is 2. The maximum absolute atomic E-state index is 12.1. The van der Waals surface area contributed by atoms with E-state index >= 15 is 0 Å². The molecule has 0 radical (unpaired) electrons. The van der Waals surface area contributed by atoms with Crippen molar-refractivity contribution < 1.29 is 14.3 Å². The smallest absolute Gasteiger partial charge is 0.223 e. The average Bonchev–Trinajstić information content (AvgIpc) is 3.08. The Balaban J connectivity index is 1.75. The quantitative estimate of drug-likeness (QED) is 0.807. The van der Waals surface area contributed by atoms with E-state index in [2.05, 4.69) is 10.6 Å². The summed E-state index contributed by atoms with van der Waals surface area (Å²) in [5, 5.41) is 5.85. The first-order valence-electron chi connectivity index (χ1n) is 8.70. The topological polar surface area (TPSA) is 67.4 Å². The molecule has 0 unspecified atom stereocenters. The number of nitrogens with one attached hydrogen (secondary N) is 2. The summed E-state index contributed by atoms with van der Waals surface area (Å²) in [5.41, 5.74) is 2.06. The molecule has 0 bridgehead atoms. The molecule has 132 valence electrons. The molecule has 0 saturated heterocycles. The minimum atomic E-state index is -0.148. The standard InChI is InChI=1S/C19H28N2O3/c1-13-8-9-15(11-17(13)24-3)12-20-18(22)10-14(2)21-19(23)16-6-4-5-7-16/h8-9,11,14,16H,4-7,10,12H2,1-3H3,(H,20,22)(H,21,23)/t14-/m0/s1. The highest BCUT2D eigenvalue weighted by Gasteiger charge is 2.24. The highest BCUT2D eigenvalue weighted by Crippen LogP contribution is 2.24. The van der Waals surface area contributed by atoms with Gasteiger partial charge in [0.2, 0.25) is 11.8 Å². The lowest BCUT2D eigenvalue weighted by Gasteiger charge is -2.17. The largest absolute Gasteiger partial charge is 0.496 e. The number of carbonyl (C=O) groups excluding carboxylic acids is 2. The van der Waals surface area contributed by atoms with Crippen molar-refractivity contribution >= 4 is 11.8 Å². The summed E-state index contributed by atoms with van der Waals surface area (Å²) in [6.07, 6.45) is 4.50. The minimum absolute atomic E-state index is 0.0613. The third kappa shape index (κ3) is 5.25. The Morgan fingerprint density at radius 1 is 1.29 bits per heavy atom. The average molecular weight is 332 g/mol. The van der Waals surface area contributed by atoms with E-state index in [9.17, 15) is 9.59 Å². The van der Waals surface area contributed by atoms with Crippen LogP contribution in [0.4, 0.5) is 0 Å². The third-order valence-corrected chi connectivity index (χ3v) is 4.57. The molecule has 5 heteroatoms. The Kier molecular flexibility index (Phi) is 6.64. The van der Waals surface area contributed by atoms with Crippen LogP contribution in [-0.4, -0.2) is 25.0 Å². The third-order valence-electron chi connectivity index (χ3n) is 4.57. The van der Waals surface area contributed by atoms with Gasteiger partial charge in [-0.25, -0.2) is 0 Å². The fourth-order valence-electron chi connectivity index (χ4n) is 3.13. The number of methoxy groups -OCH3 is 1. The SMILES string of the molecule is COc1cc(CNC(=O)C[C@H](C)NC(=O)C2CCCC2)ccc1C. The molecule has 5 nitrogen and oxygen atoms in total. The number of carbonyl (C=O) groups is 2. The van der Waals surface area contributed by atoms with Gasteiger partial charge in [-0.2, -0.15) is 0 Å². The van der Waals surface area contributed by atoms with Gasteiger partial charge >= 0.3 is 0 Å². The molecule has 1 aromatic rings. The Hall–Kier alpha value is -2.04. The molecule has 1 aliphatic carbocycles. The lowest BCUT2D eigenvalue weighted by Crippen LogP contribution is -2.39. The fraction of sp³-hybridized carbons (Fsp3) is 0.579. The maximum atomic E-state index is 12.1. The van der Waals surface area contributed by atoms with Gasteiger partial charge in [0, 0.05) is 24.9 Å². The lowest BCUT2D eigenvalue weighted by atomic mass is 10.1. The van der Waals surface area contributed by atoms with E-state index < -0.39 is 0 Å². The number of rotatable bonds is 7. The van der Waals surface area contributed by atoms with Gasteiger partial charge in [0.15, 0.2) is 0 Å². The molecule has 0 spiro atoms. The Labute approximate surface area is 144 Å². The molecule has 0 aliphatic heterocycles. The second-order valence-corrected chi connectivity index (χ2v) is 6.68. The zero-order valence-electron chi connectivity index (χ0n) is 14.9. The number of benzene rings is 1. The first-order valence-corrected chi connectivity index (χ1v) is 8.70. The molecule has 1 aliphatic rings. The second kappa shape index (κ2) is 8.71. The molecule has 1 fully saturated rings. The van der Waals surface area contributed by atoms with Crippen molar-refractivity contribution in [1.29, 1.82) is 0 Å². The number of hydrogen-bond donors (Lipinski definition) is 2. The van der Waals surface area contributed by atoms with Gasteiger partial charge in [0.05, 0.1) is 7.11 Å². The minimum Gasteiger partial charge on any atom is -0.496 e. The number of ether oxygens (including phenoxy) is 1. The Morgan fingerprint density at radius 3 is 2.67 bits per heavy atom. The van der Waals surface area contributed by atoms with Crippen molar-refractivity contribution in [2.45, 2.75) is 58.5 Å². The van der Waals surface area contributed by atoms with E-state index in [1.54, 1.807) is 7.11 Å². The van der Waals surface area contributed by atoms with E-state index in [1.165, 1.54) is 0 Å². The molecular weight excluding hydrogens is 304 g/mol. The summed E-state index contributed by atoms with van der Waals surface area (Å²) in [4.78, 5) is 24.1. The van der Waals surface area contributed by atoms with Crippen molar-refractivity contribution in [2.24, 2.45) is 5.92 Å². The monoisotopic (exact) mass is 332 g/mol. The molecule has 1 aromatic carbocycles. The molecule has 0 heterocycles. The molecule has 1 atom stereocenters. The predicted octanol–water partition coefficient (Wildman–Crippen LogP) is 2.70. The van der Waals surface area contributed by atoms with E-state index in [0.717, 1.165) is 42.6 Å². The van der Waals surface area contributed by atoms with Crippen LogP contribution in [-0.2, 0) is 16.1 Å². The maximum Gasteiger partial charge on any atom is 0.223 e. The molecular formula is C19H28N2O3. The number of aryl methyl sites for hydroxylation is 1. The van der Waals surface area contributed by atoms with Crippen molar-refractivity contribution in [3.63, 3.8) is 0 Å². The van der Waals surface area contributed by atoms with Crippen LogP contribution in [0.2, 0.25) is 0 Å². The summed E-state index contributed by atoms with van der Waals surface area (Å²) in [5.74, 6) is 0.985. The van der Waals surface area contributed by atoms with Crippen LogP contribution >= 0.6 is 0 Å². The van der Waals surface area contributed by atoms with Crippen LogP contribution in [0.3, 0.4) is 0 Å². The van der Waals surface area contributed by atoms with E-state index in [0.29, 0.717) is 13.0 Å². The normalized spacial score (nSPS) is 15.8. The Morgan fingerprint density at radius 2 is 2.00 bits per heavy atom. The van der Waals surface area contributed by atoms with Crippen LogP contribution in [0.15, 0.2) is 18.2 Å². The van der Waals surface area contributed by atoms with E-state index in [4.69, 9.17) is 4.74 Å². The summed E-state index contributed by atoms with van der Waals surface area (Å²) < 4.78 is 5.29. The first-order chi connectivity index (χ1) is 11.5. The van der Waals surface area contributed by atoms with Crippen LogP contribution in [0.1, 0.15) is 50.2 Å². The van der Waals surface area contributed by atoms with Gasteiger partial charge in [-0.3, -0.25) is 9.59 Å². The van der Waals surface area contributed by atoms with Gasteiger partial charge in [-0.05, 0) is 43.9 Å². The van der Waals surface area contributed by atoms with Crippen LogP contribution < -0.4 is 15.4 Å². The Bertz CT molecular complexity index is 580. The first kappa shape index (κ1) is 18.3. The summed E-state index contributed by atoms with van der Waals surface area (Å²) in [7, 11) is 1.64. The van der Waals surface area contributed by atoms with Crippen molar-refractivity contribution in [3.05, 3.63) is 29.3 Å². The van der Waals surface area contributed by atoms with Crippen molar-refractivity contribution in [3.8, 4) is 5.75 Å². The van der Waals surface area contributed by atoms with E-state index in [1.807, 2.05) is 32.0 Å². The lowest BCUT2D eigenvalue weighted by molar-refractivity contribution is -0.126. The molecule has 0 aromatic heterocycles. The van der Waals surface area contributed by atoms with Crippen molar-refractivity contribution in [1.82, 2.24) is 10.6 Å². The highest BCUT2D eigenvalue weighted by atomic mass is 16.5. The molecule has 2 N–H and O–H groups in total. The van der Waals surface area contributed by atoms with Gasteiger partial charge in [0.1, 0.15) is 5.75 Å². The number of hydrogen-bond acceptors (Lipinski definition) is 3. The molecule has 2 rings (SSSR count). The predicted molar refractivity (Wildman–Crippen MR) is 93.8 cm³/mol. The fourth-order valence-corrected chi connectivity index (χ4v) is 3.13. The summed E-state index contributed by atoms with van der Waals surface area (Å²) in [6.45, 7) is 4.32. The van der Waals surface area contributed by atoms with Crippen LogP contribution in [0.5, 0.6) is 5.75 Å². The second-order valence-electron chi connectivity index (χ2n) is 6.68. The van der Waals surface area contributed by atoms with Gasteiger partial charge in [-0.15, -0.1) is 0 Å². The van der Waals surface area contributed by atoms with E-state index in [-0.39, 0.29) is 23.8 Å². The summed E-state index contributed by atoms with van der Waals surface area (Å²) in [6, 6.07) is 5.74. The zero-order valence-corrected chi connectivity index (χ0v) is 14.9. The van der Waals surface area contributed by atoms with Crippen LogP contribution in [0.25, 0.3) is 0 Å². The summed E-state index contributed by atoms with van der Waals surface area (Å²) >= 11 is 0. The molecule has 1 saturated carbocycles.